The molecule has 0 bridgehead atoms. The van der Waals surface area contributed by atoms with E-state index in [1.165, 1.54) is 18.5 Å². The molecule has 0 aliphatic heterocycles. The lowest BCUT2D eigenvalue weighted by Crippen LogP contribution is -1.87. The Hall–Kier alpha value is -0.700. The van der Waals surface area contributed by atoms with Crippen LogP contribution < -0.4 is 0 Å². The molecule has 0 atom stereocenters. The first kappa shape index (κ1) is 7.30. The van der Waals surface area contributed by atoms with Gasteiger partial charge in [0.1, 0.15) is 6.21 Å². The van der Waals surface area contributed by atoms with Crippen LogP contribution in [0.4, 0.5) is 0 Å². The van der Waals surface area contributed by atoms with Crippen LogP contribution in [0.2, 0.25) is 0 Å². The van der Waals surface area contributed by atoms with E-state index >= 15 is 0 Å². The first-order chi connectivity index (χ1) is 3.77. The standard InChI is InChI=1S/C5H5NOS/c1-5(7)4-6-2-3-8/h2-3H,1H3/b3-2+,6-4?. The van der Waals surface area contributed by atoms with E-state index in [-0.39, 0.29) is 5.78 Å². The molecule has 0 aromatic carbocycles. The maximum absolute atomic E-state index is 10.0. The van der Waals surface area contributed by atoms with Gasteiger partial charge in [-0.3, -0.25) is 4.79 Å². The number of hydrogen-bond donors (Lipinski definition) is 0. The predicted molar refractivity (Wildman–Crippen MR) is 34.8 cm³/mol. The van der Waals surface area contributed by atoms with Gasteiger partial charge in [-0.1, -0.05) is 12.6 Å². The maximum atomic E-state index is 10.0. The minimum absolute atomic E-state index is 0.196. The fourth-order valence-electron chi connectivity index (χ4n) is 0.159. The van der Waals surface area contributed by atoms with Crippen molar-refractivity contribution in [2.75, 3.05) is 0 Å². The summed E-state index contributed by atoms with van der Waals surface area (Å²) >= 11 is 4.38. The summed E-state index contributed by atoms with van der Waals surface area (Å²) in [6.07, 6.45) is 3.51. The molecule has 0 amide bonds. The quantitative estimate of drug-likeness (QED) is 0.512. The average Bonchev–Trinajstić information content (AvgIpc) is 1.66. The Morgan fingerprint density at radius 2 is 2.50 bits per heavy atom. The first-order valence-corrected chi connectivity index (χ1v) is 2.48. The second kappa shape index (κ2) is 4.46. The molecule has 42 valence electrons. The zero-order chi connectivity index (χ0) is 6.41. The highest BCUT2D eigenvalue weighted by molar-refractivity contribution is 7.83. The van der Waals surface area contributed by atoms with Gasteiger partial charge in [0.15, 0.2) is 5.78 Å². The van der Waals surface area contributed by atoms with Crippen molar-refractivity contribution in [1.82, 2.24) is 0 Å². The van der Waals surface area contributed by atoms with Crippen molar-refractivity contribution in [1.29, 1.82) is 0 Å². The molecule has 8 heavy (non-hydrogen) atoms. The monoisotopic (exact) mass is 127 g/mol. The van der Waals surface area contributed by atoms with Crippen LogP contribution >= 0.6 is 12.6 Å². The van der Waals surface area contributed by atoms with Crippen LogP contribution in [0.25, 0.3) is 0 Å². The van der Waals surface area contributed by atoms with Gasteiger partial charge in [0.2, 0.25) is 0 Å². The Morgan fingerprint density at radius 1 is 1.88 bits per heavy atom. The van der Waals surface area contributed by atoms with Crippen molar-refractivity contribution in [3.8, 4) is 0 Å². The van der Waals surface area contributed by atoms with Crippen LogP contribution in [-0.2, 0) is 4.79 Å². The highest BCUT2D eigenvalue weighted by Crippen LogP contribution is 1.76. The molecule has 0 aliphatic rings. The number of carbonyl (C=O) groups excluding carboxylic acids is 1. The Morgan fingerprint density at radius 3 is 2.88 bits per heavy atom. The summed E-state index contributed by atoms with van der Waals surface area (Å²) in [6.45, 7) is 1.38. The van der Waals surface area contributed by atoms with E-state index in [0.29, 0.717) is 0 Å². The van der Waals surface area contributed by atoms with E-state index < -0.39 is 0 Å². The lowest BCUT2D eigenvalue weighted by atomic mass is 10.5. The van der Waals surface area contributed by atoms with Crippen molar-refractivity contribution < 1.29 is 4.79 Å². The van der Waals surface area contributed by atoms with E-state index in [0.717, 1.165) is 0 Å². The largest absolute Gasteiger partial charge is 0.293 e. The molecule has 0 heterocycles. The summed E-state index contributed by atoms with van der Waals surface area (Å²) in [4.78, 5) is 13.5. The maximum Gasteiger partial charge on any atom is 0.180 e. The van der Waals surface area contributed by atoms with Gasteiger partial charge in [-0.2, -0.15) is 0 Å². The van der Waals surface area contributed by atoms with E-state index in [1.807, 2.05) is 0 Å². The van der Waals surface area contributed by atoms with Gasteiger partial charge in [-0.25, -0.2) is 4.99 Å². The molecule has 0 rings (SSSR count). The molecule has 2 nitrogen and oxygen atoms in total. The number of carbonyl (C=O) groups is 1. The Bertz CT molecular complexity index is 128. The lowest BCUT2D eigenvalue weighted by Gasteiger charge is -1.69. The predicted octanol–water partition coefficient (Wildman–Crippen LogP) is 1.19. The van der Waals surface area contributed by atoms with E-state index in [1.54, 1.807) is 0 Å². The van der Waals surface area contributed by atoms with Crippen molar-refractivity contribution >= 4 is 24.6 Å². The third-order valence-corrected chi connectivity index (χ3v) is 0.479. The van der Waals surface area contributed by atoms with Crippen molar-refractivity contribution in [3.63, 3.8) is 0 Å². The fourth-order valence-corrected chi connectivity index (χ4v) is 0.219. The van der Waals surface area contributed by atoms with Crippen molar-refractivity contribution in [3.05, 3.63) is 11.6 Å². The third kappa shape index (κ3) is 5.30. The second-order valence-electron chi connectivity index (χ2n) is 1.08. The Balaban J connectivity index is 3.50. The molecule has 2 radical (unpaired) electrons. The number of Topliss-reactive ketones (excluding diaryl/α,β-unsaturated/α-hetero) is 1. The summed E-state index contributed by atoms with van der Waals surface area (Å²) in [7, 11) is 0. The molecular formula is C5H5NOS. The number of ketones is 1. The summed E-state index contributed by atoms with van der Waals surface area (Å²) in [6, 6.07) is 0. The molecule has 0 aromatic heterocycles. The number of hydrogen-bond acceptors (Lipinski definition) is 2. The zero-order valence-corrected chi connectivity index (χ0v) is 5.23. The van der Waals surface area contributed by atoms with Gasteiger partial charge in [0.25, 0.3) is 0 Å². The number of nitrogens with zero attached hydrogens (tertiary/aromatic N) is 1. The lowest BCUT2D eigenvalue weighted by molar-refractivity contribution is -0.110. The van der Waals surface area contributed by atoms with Crippen molar-refractivity contribution in [2.45, 2.75) is 6.92 Å². The van der Waals surface area contributed by atoms with Gasteiger partial charge >= 0.3 is 0 Å². The highest BCUT2D eigenvalue weighted by atomic mass is 32.1. The van der Waals surface area contributed by atoms with Crippen molar-refractivity contribution in [2.24, 2.45) is 4.99 Å². The average molecular weight is 127 g/mol. The fraction of sp³-hybridized carbons (Fsp3) is 0.200. The highest BCUT2D eigenvalue weighted by Gasteiger charge is 1.78. The number of aliphatic imine (C=N–C) groups is 1. The van der Waals surface area contributed by atoms with Crippen LogP contribution in [0.3, 0.4) is 0 Å². The van der Waals surface area contributed by atoms with Crippen LogP contribution in [0.1, 0.15) is 6.92 Å². The van der Waals surface area contributed by atoms with Crippen LogP contribution in [-0.4, -0.2) is 12.0 Å². The van der Waals surface area contributed by atoms with Gasteiger partial charge in [0.05, 0.1) is 0 Å². The minimum Gasteiger partial charge on any atom is -0.293 e. The molecule has 0 aromatic rings. The summed E-state index contributed by atoms with van der Waals surface area (Å²) < 4.78 is 0. The SMILES string of the molecule is CC(=O)[C]=N/C=C/[S]. The smallest absolute Gasteiger partial charge is 0.180 e. The molecule has 0 saturated heterocycles. The van der Waals surface area contributed by atoms with Crippen LogP contribution in [0, 0.1) is 0 Å². The van der Waals surface area contributed by atoms with E-state index in [4.69, 9.17) is 0 Å². The van der Waals surface area contributed by atoms with Gasteiger partial charge in [0, 0.05) is 18.5 Å². The van der Waals surface area contributed by atoms with E-state index in [9.17, 15) is 4.79 Å². The molecule has 0 unspecified atom stereocenters. The van der Waals surface area contributed by atoms with Crippen LogP contribution in [0.5, 0.6) is 0 Å². The molecular weight excluding hydrogens is 122 g/mol. The second-order valence-corrected chi connectivity index (χ2v) is 1.35. The molecule has 0 fully saturated rings. The topological polar surface area (TPSA) is 29.4 Å². The Kier molecular flexibility index (Phi) is 4.07. The molecule has 0 spiro atoms. The summed E-state index contributed by atoms with van der Waals surface area (Å²) in [5, 5.41) is 1.32. The number of rotatable bonds is 2. The summed E-state index contributed by atoms with van der Waals surface area (Å²) in [5.74, 6) is -0.196. The minimum atomic E-state index is -0.196. The normalized spacial score (nSPS) is 11.1. The van der Waals surface area contributed by atoms with E-state index in [2.05, 4.69) is 23.8 Å². The first-order valence-electron chi connectivity index (χ1n) is 2.00. The van der Waals surface area contributed by atoms with Gasteiger partial charge < -0.3 is 0 Å². The third-order valence-electron chi connectivity index (χ3n) is 0.357. The van der Waals surface area contributed by atoms with Gasteiger partial charge in [-0.05, 0) is 0 Å². The zero-order valence-electron chi connectivity index (χ0n) is 4.42. The molecule has 0 saturated carbocycles. The molecule has 3 heteroatoms. The molecule has 0 N–H and O–H groups in total. The Labute approximate surface area is 53.7 Å². The molecule has 0 aliphatic carbocycles. The van der Waals surface area contributed by atoms with Crippen LogP contribution in [0.15, 0.2) is 16.6 Å². The van der Waals surface area contributed by atoms with Gasteiger partial charge in [-0.15, -0.1) is 0 Å². The summed E-state index contributed by atoms with van der Waals surface area (Å²) in [5.41, 5.74) is 0.